The molecule has 0 aliphatic carbocycles. The summed E-state index contributed by atoms with van der Waals surface area (Å²) in [5, 5.41) is 3.19. The van der Waals surface area contributed by atoms with Crippen molar-refractivity contribution in [3.8, 4) is 0 Å². The molecule has 1 aliphatic heterocycles. The third-order valence-electron chi connectivity index (χ3n) is 2.97. The van der Waals surface area contributed by atoms with Crippen molar-refractivity contribution in [3.05, 3.63) is 34.3 Å². The van der Waals surface area contributed by atoms with Gasteiger partial charge in [0.15, 0.2) is 0 Å². The average molecular weight is 333 g/mol. The number of rotatable bonds is 5. The average Bonchev–Trinajstić information content (AvgIpc) is 2.79. The predicted molar refractivity (Wildman–Crippen MR) is 75.8 cm³/mol. The number of sulfonamides is 1. The molecular weight excluding hydrogens is 316 g/mol. The van der Waals surface area contributed by atoms with Crippen molar-refractivity contribution in [1.82, 2.24) is 10.0 Å². The zero-order chi connectivity index (χ0) is 13.0. The van der Waals surface area contributed by atoms with Crippen molar-refractivity contribution in [1.29, 1.82) is 0 Å². The van der Waals surface area contributed by atoms with E-state index in [1.165, 1.54) is 0 Å². The Kier molecular flexibility index (Phi) is 4.77. The van der Waals surface area contributed by atoms with Crippen LogP contribution in [0.1, 0.15) is 18.4 Å². The Morgan fingerprint density at radius 2 is 2.28 bits per heavy atom. The molecule has 100 valence electrons. The molecule has 2 rings (SSSR count). The van der Waals surface area contributed by atoms with Crippen molar-refractivity contribution >= 4 is 26.0 Å². The van der Waals surface area contributed by atoms with Gasteiger partial charge >= 0.3 is 0 Å². The number of hydrogen-bond acceptors (Lipinski definition) is 3. The van der Waals surface area contributed by atoms with Crippen LogP contribution < -0.4 is 10.0 Å². The van der Waals surface area contributed by atoms with E-state index in [9.17, 15) is 8.42 Å². The van der Waals surface area contributed by atoms with Gasteiger partial charge < -0.3 is 5.32 Å². The molecule has 0 aromatic heterocycles. The molecule has 2 N–H and O–H groups in total. The first kappa shape index (κ1) is 14.0. The standard InChI is InChI=1S/C12H17BrN2O2S/c13-11-4-1-3-10(7-11)8-15-18(16,17)9-12-5-2-6-14-12/h1,3-4,7,12,14-15H,2,5-6,8-9H2. The van der Waals surface area contributed by atoms with Crippen molar-refractivity contribution < 1.29 is 8.42 Å². The lowest BCUT2D eigenvalue weighted by molar-refractivity contribution is 0.563. The fraction of sp³-hybridized carbons (Fsp3) is 0.500. The normalized spacial score (nSPS) is 20.2. The van der Waals surface area contributed by atoms with E-state index in [1.807, 2.05) is 24.3 Å². The van der Waals surface area contributed by atoms with Gasteiger partial charge in [-0.05, 0) is 37.1 Å². The van der Waals surface area contributed by atoms with Gasteiger partial charge in [0.1, 0.15) is 0 Å². The van der Waals surface area contributed by atoms with Crippen LogP contribution in [0.25, 0.3) is 0 Å². The Hall–Kier alpha value is -0.430. The molecule has 0 radical (unpaired) electrons. The maximum Gasteiger partial charge on any atom is 0.213 e. The molecule has 6 heteroatoms. The van der Waals surface area contributed by atoms with Gasteiger partial charge in [0, 0.05) is 17.1 Å². The molecule has 0 amide bonds. The number of hydrogen-bond donors (Lipinski definition) is 2. The summed E-state index contributed by atoms with van der Waals surface area (Å²) < 4.78 is 27.4. The highest BCUT2D eigenvalue weighted by atomic mass is 79.9. The first-order chi connectivity index (χ1) is 8.55. The lowest BCUT2D eigenvalue weighted by atomic mass is 10.2. The third-order valence-corrected chi connectivity index (χ3v) is 4.89. The van der Waals surface area contributed by atoms with Crippen molar-refractivity contribution in [2.45, 2.75) is 25.4 Å². The van der Waals surface area contributed by atoms with Crippen LogP contribution in [0, 0.1) is 0 Å². The maximum atomic E-state index is 11.9. The lowest BCUT2D eigenvalue weighted by Crippen LogP contribution is -2.36. The number of nitrogens with one attached hydrogen (secondary N) is 2. The summed E-state index contributed by atoms with van der Waals surface area (Å²) in [4.78, 5) is 0. The second-order valence-electron chi connectivity index (χ2n) is 4.53. The molecule has 1 aromatic rings. The minimum atomic E-state index is -3.20. The van der Waals surface area contributed by atoms with Gasteiger partial charge in [-0.2, -0.15) is 0 Å². The Morgan fingerprint density at radius 3 is 2.94 bits per heavy atom. The van der Waals surface area contributed by atoms with E-state index < -0.39 is 10.0 Å². The molecule has 1 fully saturated rings. The molecule has 0 bridgehead atoms. The molecule has 1 heterocycles. The van der Waals surface area contributed by atoms with Crippen LogP contribution in [0.5, 0.6) is 0 Å². The maximum absolute atomic E-state index is 11.9. The molecule has 4 nitrogen and oxygen atoms in total. The van der Waals surface area contributed by atoms with E-state index in [2.05, 4.69) is 26.0 Å². The fourth-order valence-electron chi connectivity index (χ4n) is 2.06. The summed E-state index contributed by atoms with van der Waals surface area (Å²) in [7, 11) is -3.20. The first-order valence-electron chi connectivity index (χ1n) is 6.00. The second-order valence-corrected chi connectivity index (χ2v) is 7.29. The highest BCUT2D eigenvalue weighted by molar-refractivity contribution is 9.10. The monoisotopic (exact) mass is 332 g/mol. The van der Waals surface area contributed by atoms with Crippen molar-refractivity contribution in [3.63, 3.8) is 0 Å². The van der Waals surface area contributed by atoms with Crippen molar-refractivity contribution in [2.24, 2.45) is 0 Å². The van der Waals surface area contributed by atoms with Crippen LogP contribution in [-0.2, 0) is 16.6 Å². The summed E-state index contributed by atoms with van der Waals surface area (Å²) in [5.41, 5.74) is 0.951. The van der Waals surface area contributed by atoms with E-state index in [1.54, 1.807) is 0 Å². The molecule has 0 saturated carbocycles. The minimum absolute atomic E-state index is 0.102. The SMILES string of the molecule is O=S(=O)(CC1CCCN1)NCc1cccc(Br)c1. The Morgan fingerprint density at radius 1 is 1.44 bits per heavy atom. The minimum Gasteiger partial charge on any atom is -0.313 e. The van der Waals surface area contributed by atoms with Crippen LogP contribution in [-0.4, -0.2) is 26.8 Å². The lowest BCUT2D eigenvalue weighted by Gasteiger charge is -2.12. The van der Waals surface area contributed by atoms with E-state index >= 15 is 0 Å². The molecule has 1 aliphatic rings. The van der Waals surface area contributed by atoms with Gasteiger partial charge in [0.05, 0.1) is 5.75 Å². The Balaban J connectivity index is 1.88. The smallest absolute Gasteiger partial charge is 0.213 e. The van der Waals surface area contributed by atoms with Crippen LogP contribution in [0.15, 0.2) is 28.7 Å². The van der Waals surface area contributed by atoms with Crippen LogP contribution in [0.3, 0.4) is 0 Å². The Labute approximate surface area is 116 Å². The number of benzene rings is 1. The molecular formula is C12H17BrN2O2S. The highest BCUT2D eigenvalue weighted by Gasteiger charge is 2.21. The van der Waals surface area contributed by atoms with Crippen molar-refractivity contribution in [2.75, 3.05) is 12.3 Å². The number of halogens is 1. The molecule has 1 atom stereocenters. The zero-order valence-corrected chi connectivity index (χ0v) is 12.4. The van der Waals surface area contributed by atoms with Crippen LogP contribution in [0.2, 0.25) is 0 Å². The summed E-state index contributed by atoms with van der Waals surface area (Å²) in [6, 6.07) is 7.73. The first-order valence-corrected chi connectivity index (χ1v) is 8.45. The van der Waals surface area contributed by atoms with Gasteiger partial charge in [-0.15, -0.1) is 0 Å². The predicted octanol–water partition coefficient (Wildman–Crippen LogP) is 1.62. The quantitative estimate of drug-likeness (QED) is 0.861. The largest absolute Gasteiger partial charge is 0.313 e. The van der Waals surface area contributed by atoms with Crippen LogP contribution >= 0.6 is 15.9 Å². The van der Waals surface area contributed by atoms with Gasteiger partial charge in [-0.3, -0.25) is 0 Å². The fourth-order valence-corrected chi connectivity index (χ4v) is 3.83. The van der Waals surface area contributed by atoms with E-state index in [0.29, 0.717) is 6.54 Å². The topological polar surface area (TPSA) is 58.2 Å². The second kappa shape index (κ2) is 6.14. The highest BCUT2D eigenvalue weighted by Crippen LogP contribution is 2.12. The Bertz CT molecular complexity index is 499. The van der Waals surface area contributed by atoms with E-state index in [-0.39, 0.29) is 11.8 Å². The van der Waals surface area contributed by atoms with E-state index in [0.717, 1.165) is 29.4 Å². The van der Waals surface area contributed by atoms with Crippen LogP contribution in [0.4, 0.5) is 0 Å². The summed E-state index contributed by atoms with van der Waals surface area (Å²) >= 11 is 3.37. The summed E-state index contributed by atoms with van der Waals surface area (Å²) in [5.74, 6) is 0.168. The summed E-state index contributed by atoms with van der Waals surface area (Å²) in [6.07, 6.45) is 2.00. The molecule has 0 spiro atoms. The van der Waals surface area contributed by atoms with Gasteiger partial charge in [-0.1, -0.05) is 28.1 Å². The molecule has 1 aromatic carbocycles. The molecule has 1 unspecified atom stereocenters. The van der Waals surface area contributed by atoms with Gasteiger partial charge in [0.25, 0.3) is 0 Å². The third kappa shape index (κ3) is 4.35. The molecule has 18 heavy (non-hydrogen) atoms. The molecule has 1 saturated heterocycles. The summed E-state index contributed by atoms with van der Waals surface area (Å²) in [6.45, 7) is 1.26. The van der Waals surface area contributed by atoms with E-state index in [4.69, 9.17) is 0 Å². The van der Waals surface area contributed by atoms with Gasteiger partial charge in [0.2, 0.25) is 10.0 Å². The van der Waals surface area contributed by atoms with Gasteiger partial charge in [-0.25, -0.2) is 13.1 Å². The zero-order valence-electron chi connectivity index (χ0n) is 10.0.